The molecular formula is C29H37ClN4O3Si. The van der Waals surface area contributed by atoms with Gasteiger partial charge in [-0.1, -0.05) is 31.2 Å². The van der Waals surface area contributed by atoms with E-state index >= 15 is 0 Å². The van der Waals surface area contributed by atoms with Gasteiger partial charge in [-0.3, -0.25) is 0 Å². The number of benzene rings is 2. The molecule has 7 nitrogen and oxygen atoms in total. The Bertz CT molecular complexity index is 1410. The fourth-order valence-corrected chi connectivity index (χ4v) is 5.61. The van der Waals surface area contributed by atoms with E-state index in [2.05, 4.69) is 43.5 Å². The molecule has 38 heavy (non-hydrogen) atoms. The predicted octanol–water partition coefficient (Wildman–Crippen LogP) is 7.82. The van der Waals surface area contributed by atoms with Crippen LogP contribution in [0.1, 0.15) is 37.5 Å². The number of amides is 1. The molecule has 0 bridgehead atoms. The molecule has 0 atom stereocenters. The van der Waals surface area contributed by atoms with Gasteiger partial charge in [0.05, 0.1) is 12.1 Å². The first-order chi connectivity index (χ1) is 17.8. The lowest BCUT2D eigenvalue weighted by atomic mass is 9.91. The smallest absolute Gasteiger partial charge is 0.410 e. The van der Waals surface area contributed by atoms with Gasteiger partial charge in [0.25, 0.3) is 0 Å². The summed E-state index contributed by atoms with van der Waals surface area (Å²) < 4.78 is 13.5. The zero-order chi connectivity index (χ0) is 27.8. The van der Waals surface area contributed by atoms with Gasteiger partial charge in [-0.15, -0.1) is 0 Å². The molecular weight excluding hydrogens is 516 g/mol. The number of halogens is 1. The molecule has 1 aromatic heterocycles. The number of hydrogen-bond donors (Lipinski definition) is 0. The normalized spacial score (nSPS) is 13.9. The molecule has 1 aliphatic rings. The number of fused-ring (bicyclic) bond motifs is 2. The summed E-state index contributed by atoms with van der Waals surface area (Å²) in [7, 11) is -1.22. The highest BCUT2D eigenvalue weighted by atomic mass is 35.5. The Balaban J connectivity index is 1.71. The molecule has 0 fully saturated rings. The topological polar surface area (TPSA) is 61.0 Å². The first-order valence-electron chi connectivity index (χ1n) is 13.0. The lowest BCUT2D eigenvalue weighted by Gasteiger charge is -2.32. The summed E-state index contributed by atoms with van der Waals surface area (Å²) in [6, 6.07) is 8.95. The summed E-state index contributed by atoms with van der Waals surface area (Å²) >= 11 is 6.47. The maximum atomic E-state index is 12.8. The quantitative estimate of drug-likeness (QED) is 0.178. The lowest BCUT2D eigenvalue weighted by molar-refractivity contribution is 0.0223. The second-order valence-electron chi connectivity index (χ2n) is 12.2. The van der Waals surface area contributed by atoms with Crippen LogP contribution in [0, 0.1) is 13.5 Å². The van der Waals surface area contributed by atoms with E-state index in [1.165, 1.54) is 11.1 Å². The molecule has 2 heterocycles. The van der Waals surface area contributed by atoms with Crippen molar-refractivity contribution >= 4 is 42.4 Å². The summed E-state index contributed by atoms with van der Waals surface area (Å²) in [5, 5.41) is 6.21. The van der Waals surface area contributed by atoms with Crippen molar-refractivity contribution in [2.24, 2.45) is 0 Å². The minimum atomic E-state index is -1.22. The highest BCUT2D eigenvalue weighted by Gasteiger charge is 2.27. The Kier molecular flexibility index (Phi) is 7.94. The Morgan fingerprint density at radius 3 is 2.61 bits per heavy atom. The van der Waals surface area contributed by atoms with Gasteiger partial charge in [0.1, 0.15) is 18.0 Å². The zero-order valence-electron chi connectivity index (χ0n) is 23.4. The van der Waals surface area contributed by atoms with Gasteiger partial charge in [-0.2, -0.15) is 5.10 Å². The highest BCUT2D eigenvalue weighted by Crippen LogP contribution is 2.37. The number of nitrogens with zero attached hydrogens (tertiary/aromatic N) is 4. The van der Waals surface area contributed by atoms with E-state index in [4.69, 9.17) is 32.7 Å². The second-order valence-corrected chi connectivity index (χ2v) is 18.2. The molecule has 0 spiro atoms. The van der Waals surface area contributed by atoms with Crippen LogP contribution in [0.4, 0.5) is 10.5 Å². The van der Waals surface area contributed by atoms with E-state index in [1.54, 1.807) is 11.0 Å². The minimum Gasteiger partial charge on any atom is -0.444 e. The number of carbonyl (C=O) groups is 1. The van der Waals surface area contributed by atoms with E-state index in [9.17, 15) is 4.79 Å². The standard InChI is InChI=1S/C29H37ClN4O3Si/c1-19-13-20(14-21-17-33(10-9-22(19)21)28(35)37-29(2,3)4)27-23-15-24(30)25(31-5)16-26(23)34(32-27)18-36-11-12-38(6,7)8/h13-16H,9-12,17-18H2,1-4,6-8H3. The van der Waals surface area contributed by atoms with Gasteiger partial charge in [0.15, 0.2) is 0 Å². The maximum absolute atomic E-state index is 12.8. The van der Waals surface area contributed by atoms with Gasteiger partial charge in [0.2, 0.25) is 5.69 Å². The van der Waals surface area contributed by atoms with E-state index in [-0.39, 0.29) is 6.09 Å². The Hall–Kier alpha value is -2.86. The highest BCUT2D eigenvalue weighted by molar-refractivity contribution is 6.76. The number of carbonyl (C=O) groups excluding carboxylic acids is 1. The van der Waals surface area contributed by atoms with Crippen LogP contribution in [-0.4, -0.2) is 47.6 Å². The molecule has 0 saturated heterocycles. The lowest BCUT2D eigenvalue weighted by Crippen LogP contribution is -2.40. The third kappa shape index (κ3) is 6.40. The third-order valence-electron chi connectivity index (χ3n) is 6.63. The third-order valence-corrected chi connectivity index (χ3v) is 8.64. The largest absolute Gasteiger partial charge is 0.444 e. The summed E-state index contributed by atoms with van der Waals surface area (Å²) in [5.41, 5.74) is 5.92. The van der Waals surface area contributed by atoms with Gasteiger partial charge in [-0.05, 0) is 81.1 Å². The first kappa shape index (κ1) is 28.2. The summed E-state index contributed by atoms with van der Waals surface area (Å²) in [6.07, 6.45) is 0.482. The van der Waals surface area contributed by atoms with Crippen LogP contribution in [0.2, 0.25) is 30.7 Å². The summed E-state index contributed by atoms with van der Waals surface area (Å²) in [6.45, 7) is 24.3. The molecule has 0 aliphatic carbocycles. The summed E-state index contributed by atoms with van der Waals surface area (Å²) in [5.74, 6) is 0. The van der Waals surface area contributed by atoms with Crippen LogP contribution >= 0.6 is 11.6 Å². The number of rotatable bonds is 6. The Labute approximate surface area is 231 Å². The number of ether oxygens (including phenoxy) is 2. The Morgan fingerprint density at radius 1 is 1.21 bits per heavy atom. The van der Waals surface area contributed by atoms with Crippen molar-refractivity contribution in [2.45, 2.75) is 78.7 Å². The van der Waals surface area contributed by atoms with Crippen molar-refractivity contribution in [3.05, 3.63) is 57.4 Å². The minimum absolute atomic E-state index is 0.296. The number of aryl methyl sites for hydroxylation is 1. The summed E-state index contributed by atoms with van der Waals surface area (Å²) in [4.78, 5) is 18.1. The molecule has 1 amide bonds. The van der Waals surface area contributed by atoms with Crippen molar-refractivity contribution in [1.29, 1.82) is 0 Å². The van der Waals surface area contributed by atoms with E-state index in [1.807, 2.05) is 31.5 Å². The molecule has 0 unspecified atom stereocenters. The maximum Gasteiger partial charge on any atom is 0.410 e. The number of hydrogen-bond acceptors (Lipinski definition) is 4. The molecule has 202 valence electrons. The van der Waals surface area contributed by atoms with Gasteiger partial charge < -0.3 is 14.4 Å². The van der Waals surface area contributed by atoms with Crippen LogP contribution in [0.15, 0.2) is 24.3 Å². The van der Waals surface area contributed by atoms with Gasteiger partial charge in [-0.25, -0.2) is 14.3 Å². The SMILES string of the molecule is [C-]#[N+]c1cc2c(cc1Cl)c(-c1cc(C)c3c(c1)CN(C(=O)OC(C)(C)C)CC3)nn2COCC[Si](C)(C)C. The van der Waals surface area contributed by atoms with Crippen LogP contribution in [-0.2, 0) is 29.2 Å². The monoisotopic (exact) mass is 552 g/mol. The molecule has 2 aromatic carbocycles. The van der Waals surface area contributed by atoms with E-state index < -0.39 is 13.7 Å². The Morgan fingerprint density at radius 2 is 1.95 bits per heavy atom. The van der Waals surface area contributed by atoms with Crippen molar-refractivity contribution in [3.8, 4) is 11.3 Å². The molecule has 4 rings (SSSR count). The van der Waals surface area contributed by atoms with Crippen molar-refractivity contribution in [2.75, 3.05) is 13.2 Å². The number of aromatic nitrogens is 2. The van der Waals surface area contributed by atoms with Crippen LogP contribution in [0.5, 0.6) is 0 Å². The van der Waals surface area contributed by atoms with Crippen LogP contribution < -0.4 is 0 Å². The van der Waals surface area contributed by atoms with Gasteiger partial charge >= 0.3 is 6.09 Å². The van der Waals surface area contributed by atoms with Crippen LogP contribution in [0.25, 0.3) is 27.0 Å². The molecule has 0 N–H and O–H groups in total. The molecule has 9 heteroatoms. The fraction of sp³-hybridized carbons (Fsp3) is 0.483. The van der Waals surface area contributed by atoms with Crippen molar-refractivity contribution < 1.29 is 14.3 Å². The molecule has 3 aromatic rings. The zero-order valence-corrected chi connectivity index (χ0v) is 25.2. The average Bonchev–Trinajstić information content (AvgIpc) is 3.16. The molecule has 0 saturated carbocycles. The predicted molar refractivity (Wildman–Crippen MR) is 156 cm³/mol. The second kappa shape index (κ2) is 10.7. The van der Waals surface area contributed by atoms with E-state index in [0.29, 0.717) is 37.1 Å². The average molecular weight is 553 g/mol. The fourth-order valence-electron chi connectivity index (χ4n) is 4.65. The molecule has 0 radical (unpaired) electrons. The van der Waals surface area contributed by atoms with Crippen molar-refractivity contribution in [1.82, 2.24) is 14.7 Å². The van der Waals surface area contributed by atoms with Crippen LogP contribution in [0.3, 0.4) is 0 Å². The van der Waals surface area contributed by atoms with Crippen molar-refractivity contribution in [3.63, 3.8) is 0 Å². The van der Waals surface area contributed by atoms with E-state index in [0.717, 1.165) is 40.2 Å². The van der Waals surface area contributed by atoms with Gasteiger partial charge in [0, 0.05) is 43.7 Å². The first-order valence-corrected chi connectivity index (χ1v) is 17.1. The molecule has 1 aliphatic heterocycles.